The Kier molecular flexibility index (Phi) is 5.47. The number of allylic oxidation sites excluding steroid dienone is 1. The Hall–Kier alpha value is -2.85. The molecule has 140 valence electrons. The second-order valence-electron chi connectivity index (χ2n) is 5.77. The van der Waals surface area contributed by atoms with Gasteiger partial charge in [-0.05, 0) is 49.6 Å². The summed E-state index contributed by atoms with van der Waals surface area (Å²) in [6, 6.07) is 4.82. The van der Waals surface area contributed by atoms with E-state index in [1.807, 2.05) is 6.92 Å². The molecule has 3 N–H and O–H groups in total. The number of nitrogens with zero attached hydrogens (tertiary/aromatic N) is 3. The van der Waals surface area contributed by atoms with Crippen molar-refractivity contribution in [2.75, 3.05) is 0 Å². The van der Waals surface area contributed by atoms with E-state index >= 15 is 0 Å². The van der Waals surface area contributed by atoms with Crippen LogP contribution in [0.15, 0.2) is 35.6 Å². The van der Waals surface area contributed by atoms with Gasteiger partial charge >= 0.3 is 0 Å². The van der Waals surface area contributed by atoms with Crippen LogP contribution in [0.25, 0.3) is 10.9 Å². The standard InChI is InChI=1S/C17H18N6O2S2/c1-3-7-23-15(25)11-6-5-10(8-12(11)19-16(23)26)14(24)18-9-13-20-21-17(27)22(13)4-2/h3,5-6,8H,1,4,7,9H2,2H3,(H,18,24)(H,19,26)(H,21,27). The number of carbonyl (C=O) groups excluding carboxylic acids is 1. The topological polar surface area (TPSA) is 100 Å². The molecule has 0 radical (unpaired) electrons. The molecule has 0 aliphatic carbocycles. The van der Waals surface area contributed by atoms with Gasteiger partial charge in [0.2, 0.25) is 0 Å². The molecular weight excluding hydrogens is 384 g/mol. The normalized spacial score (nSPS) is 10.9. The maximum absolute atomic E-state index is 12.5. The highest BCUT2D eigenvalue weighted by atomic mass is 32.1. The van der Waals surface area contributed by atoms with Crippen molar-refractivity contribution >= 4 is 41.2 Å². The average Bonchev–Trinajstić information content (AvgIpc) is 3.02. The van der Waals surface area contributed by atoms with Crippen LogP contribution in [0.1, 0.15) is 23.1 Å². The third-order valence-corrected chi connectivity index (χ3v) is 4.75. The van der Waals surface area contributed by atoms with Crippen molar-refractivity contribution in [3.05, 3.63) is 62.1 Å². The van der Waals surface area contributed by atoms with Gasteiger partial charge in [-0.3, -0.25) is 19.3 Å². The molecule has 0 aliphatic rings. The highest BCUT2D eigenvalue weighted by Gasteiger charge is 2.11. The molecule has 0 fully saturated rings. The van der Waals surface area contributed by atoms with Gasteiger partial charge in [0.25, 0.3) is 11.5 Å². The summed E-state index contributed by atoms with van der Waals surface area (Å²) in [5.74, 6) is 0.353. The Morgan fingerprint density at radius 2 is 2.11 bits per heavy atom. The molecule has 1 amide bonds. The van der Waals surface area contributed by atoms with E-state index in [-0.39, 0.29) is 22.8 Å². The molecule has 0 aliphatic heterocycles. The Morgan fingerprint density at radius 1 is 1.33 bits per heavy atom. The van der Waals surface area contributed by atoms with Gasteiger partial charge in [-0.2, -0.15) is 5.10 Å². The number of aromatic nitrogens is 5. The average molecular weight is 403 g/mol. The predicted molar refractivity (Wildman–Crippen MR) is 108 cm³/mol. The van der Waals surface area contributed by atoms with Crippen molar-refractivity contribution in [2.45, 2.75) is 26.6 Å². The number of fused-ring (bicyclic) bond motifs is 1. The van der Waals surface area contributed by atoms with Gasteiger partial charge in [-0.25, -0.2) is 0 Å². The van der Waals surface area contributed by atoms with E-state index in [1.54, 1.807) is 28.8 Å². The zero-order chi connectivity index (χ0) is 19.6. The third-order valence-electron chi connectivity index (χ3n) is 4.12. The number of carbonyl (C=O) groups is 1. The zero-order valence-electron chi connectivity index (χ0n) is 14.6. The lowest BCUT2D eigenvalue weighted by atomic mass is 10.1. The van der Waals surface area contributed by atoms with Gasteiger partial charge in [0, 0.05) is 18.7 Å². The lowest BCUT2D eigenvalue weighted by Gasteiger charge is -2.08. The van der Waals surface area contributed by atoms with Crippen LogP contribution in [-0.4, -0.2) is 30.2 Å². The Bertz CT molecular complexity index is 1200. The van der Waals surface area contributed by atoms with Gasteiger partial charge in [0.15, 0.2) is 15.4 Å². The number of aromatic amines is 2. The molecule has 0 atom stereocenters. The number of amides is 1. The van der Waals surface area contributed by atoms with E-state index in [0.717, 1.165) is 0 Å². The van der Waals surface area contributed by atoms with Crippen molar-refractivity contribution in [1.29, 1.82) is 0 Å². The molecule has 2 heterocycles. The quantitative estimate of drug-likeness (QED) is 0.434. The van der Waals surface area contributed by atoms with Crippen LogP contribution in [0.5, 0.6) is 0 Å². The van der Waals surface area contributed by atoms with Crippen molar-refractivity contribution in [2.24, 2.45) is 0 Å². The molecule has 0 saturated heterocycles. The zero-order valence-corrected chi connectivity index (χ0v) is 16.2. The Morgan fingerprint density at radius 3 is 2.81 bits per heavy atom. The van der Waals surface area contributed by atoms with Crippen molar-refractivity contribution in [3.63, 3.8) is 0 Å². The number of benzene rings is 1. The molecule has 2 aromatic heterocycles. The van der Waals surface area contributed by atoms with Crippen LogP contribution >= 0.6 is 24.4 Å². The van der Waals surface area contributed by atoms with Crippen LogP contribution in [-0.2, 0) is 19.6 Å². The minimum atomic E-state index is -0.289. The first-order valence-electron chi connectivity index (χ1n) is 8.26. The molecule has 0 unspecified atom stereocenters. The molecule has 0 saturated carbocycles. The number of hydrogen-bond acceptors (Lipinski definition) is 5. The van der Waals surface area contributed by atoms with Gasteiger partial charge in [-0.1, -0.05) is 6.08 Å². The minimum Gasteiger partial charge on any atom is -0.345 e. The molecule has 3 aromatic rings. The van der Waals surface area contributed by atoms with E-state index in [0.29, 0.717) is 40.2 Å². The molecule has 8 nitrogen and oxygen atoms in total. The summed E-state index contributed by atoms with van der Waals surface area (Å²) in [5.41, 5.74) is 0.694. The molecule has 0 spiro atoms. The van der Waals surface area contributed by atoms with Gasteiger partial charge in [0.05, 0.1) is 17.4 Å². The highest BCUT2D eigenvalue weighted by molar-refractivity contribution is 7.71. The summed E-state index contributed by atoms with van der Waals surface area (Å²) in [4.78, 5) is 28.0. The number of rotatable bonds is 6. The van der Waals surface area contributed by atoms with Gasteiger partial charge in [0.1, 0.15) is 0 Å². The van der Waals surface area contributed by atoms with E-state index in [9.17, 15) is 9.59 Å². The van der Waals surface area contributed by atoms with Crippen LogP contribution in [0.2, 0.25) is 0 Å². The van der Waals surface area contributed by atoms with E-state index in [1.165, 1.54) is 4.57 Å². The molecule has 3 rings (SSSR count). The lowest BCUT2D eigenvalue weighted by Crippen LogP contribution is -2.25. The van der Waals surface area contributed by atoms with E-state index < -0.39 is 0 Å². The summed E-state index contributed by atoms with van der Waals surface area (Å²) in [5, 5.41) is 10.1. The molecule has 10 heteroatoms. The summed E-state index contributed by atoms with van der Waals surface area (Å²) in [6.45, 7) is 6.78. The fourth-order valence-electron chi connectivity index (χ4n) is 2.76. The SMILES string of the molecule is C=CCn1c(=S)[nH]c2cc(C(=O)NCc3n[nH]c(=S)n3CC)ccc2c1=O. The minimum absolute atomic E-state index is 0.223. The van der Waals surface area contributed by atoms with E-state index in [2.05, 4.69) is 27.1 Å². The van der Waals surface area contributed by atoms with Crippen LogP contribution in [0.4, 0.5) is 0 Å². The van der Waals surface area contributed by atoms with Crippen molar-refractivity contribution < 1.29 is 4.79 Å². The first-order chi connectivity index (χ1) is 13.0. The van der Waals surface area contributed by atoms with Crippen molar-refractivity contribution in [1.82, 2.24) is 29.6 Å². The largest absolute Gasteiger partial charge is 0.345 e. The van der Waals surface area contributed by atoms with Crippen LogP contribution in [0, 0.1) is 9.54 Å². The Balaban J connectivity index is 1.88. The van der Waals surface area contributed by atoms with Gasteiger partial charge < -0.3 is 14.9 Å². The predicted octanol–water partition coefficient (Wildman–Crippen LogP) is 2.45. The van der Waals surface area contributed by atoms with E-state index in [4.69, 9.17) is 24.4 Å². The lowest BCUT2D eigenvalue weighted by molar-refractivity contribution is 0.0949. The first kappa shape index (κ1) is 18.9. The van der Waals surface area contributed by atoms with Gasteiger partial charge in [-0.15, -0.1) is 6.58 Å². The third kappa shape index (κ3) is 3.67. The number of H-pyrrole nitrogens is 2. The first-order valence-corrected chi connectivity index (χ1v) is 9.08. The van der Waals surface area contributed by atoms with Crippen LogP contribution in [0.3, 0.4) is 0 Å². The molecule has 1 aromatic carbocycles. The molecular formula is C17H18N6O2S2. The number of nitrogens with one attached hydrogen (secondary N) is 3. The fourth-order valence-corrected chi connectivity index (χ4v) is 3.31. The smallest absolute Gasteiger partial charge is 0.262 e. The monoisotopic (exact) mass is 402 g/mol. The maximum Gasteiger partial charge on any atom is 0.262 e. The van der Waals surface area contributed by atoms with Crippen molar-refractivity contribution in [3.8, 4) is 0 Å². The summed E-state index contributed by atoms with van der Waals surface area (Å²) < 4.78 is 4.01. The second kappa shape index (κ2) is 7.80. The fraction of sp³-hybridized carbons (Fsp3) is 0.235. The molecule has 27 heavy (non-hydrogen) atoms. The summed E-state index contributed by atoms with van der Waals surface area (Å²) in [6.07, 6.45) is 1.60. The second-order valence-corrected chi connectivity index (χ2v) is 6.54. The summed E-state index contributed by atoms with van der Waals surface area (Å²) in [7, 11) is 0. The number of hydrogen-bond donors (Lipinski definition) is 3. The maximum atomic E-state index is 12.5. The Labute approximate surface area is 164 Å². The molecule has 0 bridgehead atoms. The summed E-state index contributed by atoms with van der Waals surface area (Å²) >= 11 is 10.4. The highest BCUT2D eigenvalue weighted by Crippen LogP contribution is 2.11. The van der Waals surface area contributed by atoms with Crippen LogP contribution < -0.4 is 10.9 Å².